The molecule has 1 aliphatic carbocycles. The topological polar surface area (TPSA) is 229 Å². The highest BCUT2D eigenvalue weighted by molar-refractivity contribution is 8.02. The number of esters is 2. The van der Waals surface area contributed by atoms with E-state index < -0.39 is 68.2 Å². The van der Waals surface area contributed by atoms with Gasteiger partial charge >= 0.3 is 11.9 Å². The Morgan fingerprint density at radius 2 is 0.725 bits per heavy atom. The van der Waals surface area contributed by atoms with E-state index in [-0.39, 0.29) is 110 Å². The van der Waals surface area contributed by atoms with Crippen molar-refractivity contribution >= 4 is 59.1 Å². The number of nitrogens with one attached hydrogen (secondary N) is 2. The maximum Gasteiger partial charge on any atom is 0.330 e. The first-order valence-corrected chi connectivity index (χ1v) is 37.2. The Labute approximate surface area is 609 Å². The molecule has 11 rings (SSSR count). The summed E-state index contributed by atoms with van der Waals surface area (Å²) >= 11 is 2.89. The van der Waals surface area contributed by atoms with E-state index in [1.54, 1.807) is 48.5 Å². The highest BCUT2D eigenvalue weighted by atomic mass is 32.2. The highest BCUT2D eigenvalue weighted by Crippen LogP contribution is 2.53. The molecule has 0 aromatic heterocycles. The molecule has 18 nitrogen and oxygen atoms in total. The van der Waals surface area contributed by atoms with Gasteiger partial charge in [0, 0.05) is 48.0 Å². The predicted octanol–water partition coefficient (Wildman–Crippen LogP) is 12.8. The molecular formula is C82H100N4O14S2. The highest BCUT2D eigenvalue weighted by Gasteiger charge is 2.66. The van der Waals surface area contributed by atoms with Gasteiger partial charge in [-0.2, -0.15) is 0 Å². The van der Waals surface area contributed by atoms with Gasteiger partial charge in [-0.3, -0.25) is 19.2 Å². The van der Waals surface area contributed by atoms with Crippen molar-refractivity contribution in [1.82, 2.24) is 20.4 Å². The summed E-state index contributed by atoms with van der Waals surface area (Å²) in [6, 6.07) is 31.5. The van der Waals surface area contributed by atoms with Gasteiger partial charge in [0.25, 0.3) is 11.8 Å². The van der Waals surface area contributed by atoms with Gasteiger partial charge in [0.15, 0.2) is 13.2 Å². The molecule has 20 heteroatoms. The second-order valence-corrected chi connectivity index (χ2v) is 36.3. The van der Waals surface area contributed by atoms with Crippen LogP contribution in [-0.2, 0) is 85.6 Å². The van der Waals surface area contributed by atoms with Crippen molar-refractivity contribution in [3.8, 4) is 34.5 Å². The van der Waals surface area contributed by atoms with Gasteiger partial charge in [0.05, 0.1) is 26.4 Å². The van der Waals surface area contributed by atoms with Crippen LogP contribution in [0, 0.1) is 0 Å². The molecule has 5 aliphatic rings. The number of thioether (sulfide) groups is 2. The Kier molecular flexibility index (Phi) is 21.3. The molecule has 6 atom stereocenters. The first kappa shape index (κ1) is 74.8. The van der Waals surface area contributed by atoms with E-state index in [1.807, 2.05) is 39.8 Å². The van der Waals surface area contributed by atoms with Crippen LogP contribution < -0.4 is 29.6 Å². The van der Waals surface area contributed by atoms with Crippen LogP contribution >= 0.6 is 23.5 Å². The molecule has 102 heavy (non-hydrogen) atoms. The van der Waals surface area contributed by atoms with Gasteiger partial charge < -0.3 is 59.1 Å². The number of fused-ring (bicyclic) bond motifs is 10. The van der Waals surface area contributed by atoms with Gasteiger partial charge in [-0.05, 0) is 140 Å². The smallest absolute Gasteiger partial charge is 0.330 e. The monoisotopic (exact) mass is 1430 g/mol. The zero-order chi connectivity index (χ0) is 73.8. The van der Waals surface area contributed by atoms with Crippen molar-refractivity contribution in [1.29, 1.82) is 0 Å². The van der Waals surface area contributed by atoms with Gasteiger partial charge in [0.1, 0.15) is 69.4 Å². The third-order valence-electron chi connectivity index (χ3n) is 19.8. The molecule has 0 radical (unpaired) electrons. The summed E-state index contributed by atoms with van der Waals surface area (Å²) < 4.78 is 35.8. The molecule has 4 N–H and O–H groups in total. The van der Waals surface area contributed by atoms with Crippen LogP contribution in [0.25, 0.3) is 0 Å². The zero-order valence-corrected chi connectivity index (χ0v) is 63.5. The molecule has 6 aromatic carbocycles. The molecule has 4 heterocycles. The number of carbonyl (C=O) groups is 6. The minimum absolute atomic E-state index is 0.00480. The van der Waals surface area contributed by atoms with Crippen molar-refractivity contribution in [2.45, 2.75) is 215 Å². The molecular weight excluding hydrogens is 1330 g/mol. The number of hydrogen-bond donors (Lipinski definition) is 4. The predicted molar refractivity (Wildman–Crippen MR) is 397 cm³/mol. The Hall–Kier alpha value is -8.36. The Bertz CT molecular complexity index is 3820. The number of aromatic hydroxyl groups is 2. The molecule has 4 amide bonds. The number of rotatable bonds is 20. The number of para-hydroxylation sites is 2. The second-order valence-electron chi connectivity index (χ2n) is 32.8. The minimum atomic E-state index is -0.890. The van der Waals surface area contributed by atoms with E-state index in [1.165, 1.54) is 33.3 Å². The molecule has 8 bridgehead atoms. The zero-order valence-electron chi connectivity index (χ0n) is 61.8. The lowest BCUT2D eigenvalue weighted by molar-refractivity contribution is -0.164. The van der Waals surface area contributed by atoms with Gasteiger partial charge in [-0.25, -0.2) is 9.59 Å². The standard InChI is InChI=1S/C82H100N4O14S2/c1-77(2,3)55-37-47-33-51-41-57(79(7,8)9)43-53(67(51)95-29-23-31-97-75(93)69-81(13,14)101-73-63(71(91)85(69)73)83-61(87)45-99-59-25-19-17-20-26-59)35-49-39-56(78(4,5)6)40-50(66(49)90)36-54-44-58(80(10,11)12)42-52(34-48(38-55)65(47)89)68(54)96-30-24-32-98-76(94)70-82(15,16)102-74-64(72(92)86(70)74)84-62(88)46-100-60-27-21-18-22-28-60/h17-22,25-28,37-44,63-64,69-70,73-74,89-90H,23-24,29-36,45-46H2,1-16H3,(H,83,87)(H,84,88)/t63-,64-,69+,70+,73-,74-/m1/s1. The number of carbonyl (C=O) groups excluding carboxylic acids is 6. The SMILES string of the molecule is CC(C)(C)c1cc2c(O)c(c1)Cc1cc(C(C)(C)C)cc(c1OCCCOC(=O)[C@@H]1N3C(=O)[C@@H](NC(=O)COc4ccccc4)[C@H]3SC1(C)C)Cc1cc(C(C)(C)C)cc(c1O)Cc1cc(C(C)(C)C)cc(c1OCCCOC(=O)[C@@H]1N3C(=O)[C@@H](NC(=O)COc4ccccc4)[C@H]3SC1(C)C)C2. The third-order valence-corrected chi connectivity index (χ3v) is 22.9. The fraction of sp³-hybridized carbons (Fsp3) is 0.488. The average Bonchev–Trinajstić information content (AvgIpc) is 1.56. The number of nitrogens with zero attached hydrogens (tertiary/aromatic N) is 2. The van der Waals surface area contributed by atoms with Crippen LogP contribution in [0.5, 0.6) is 34.5 Å². The lowest BCUT2D eigenvalue weighted by Gasteiger charge is -2.43. The number of amides is 4. The van der Waals surface area contributed by atoms with Gasteiger partial charge in [-0.1, -0.05) is 168 Å². The summed E-state index contributed by atoms with van der Waals surface area (Å²) in [6.45, 7) is 33.3. The Morgan fingerprint density at radius 1 is 0.441 bits per heavy atom. The van der Waals surface area contributed by atoms with Gasteiger partial charge in [0.2, 0.25) is 11.8 Å². The molecule has 544 valence electrons. The van der Waals surface area contributed by atoms with Crippen LogP contribution in [0.2, 0.25) is 0 Å². The summed E-state index contributed by atoms with van der Waals surface area (Å²) in [5.41, 5.74) is 8.79. The molecule has 4 saturated heterocycles. The number of phenolic OH excluding ortho intramolecular Hbond substituents is 2. The maximum atomic E-state index is 14.2. The van der Waals surface area contributed by atoms with Gasteiger partial charge in [-0.15, -0.1) is 23.5 Å². The fourth-order valence-corrected chi connectivity index (χ4v) is 17.2. The van der Waals surface area contributed by atoms with E-state index in [4.69, 9.17) is 28.4 Å². The molecule has 6 aromatic rings. The van der Waals surface area contributed by atoms with Crippen molar-refractivity contribution < 1.29 is 67.4 Å². The van der Waals surface area contributed by atoms with Crippen LogP contribution in [0.15, 0.2) is 109 Å². The number of benzene rings is 6. The number of ether oxygens (including phenoxy) is 6. The molecule has 0 saturated carbocycles. The normalized spacial score (nSPS) is 20.4. The van der Waals surface area contributed by atoms with Crippen LogP contribution in [0.3, 0.4) is 0 Å². The summed E-state index contributed by atoms with van der Waals surface area (Å²) in [6.07, 6.45) is 1.67. The quantitative estimate of drug-likeness (QED) is 0.0316. The Morgan fingerprint density at radius 3 is 1.01 bits per heavy atom. The summed E-state index contributed by atoms with van der Waals surface area (Å²) in [5.74, 6) is -0.157. The van der Waals surface area contributed by atoms with E-state index in [0.717, 1.165) is 44.5 Å². The van der Waals surface area contributed by atoms with Crippen molar-refractivity contribution in [3.63, 3.8) is 0 Å². The lowest BCUT2D eigenvalue weighted by Crippen LogP contribution is -2.71. The molecule has 0 unspecified atom stereocenters. The third kappa shape index (κ3) is 16.2. The van der Waals surface area contributed by atoms with Crippen molar-refractivity contribution in [3.05, 3.63) is 176 Å². The summed E-state index contributed by atoms with van der Waals surface area (Å²) in [7, 11) is 0. The first-order valence-electron chi connectivity index (χ1n) is 35.4. The van der Waals surface area contributed by atoms with E-state index >= 15 is 0 Å². The Balaban J connectivity index is 0.858. The second kappa shape index (κ2) is 29.1. The minimum Gasteiger partial charge on any atom is -0.507 e. The van der Waals surface area contributed by atoms with Crippen molar-refractivity contribution in [2.75, 3.05) is 39.6 Å². The van der Waals surface area contributed by atoms with E-state index in [2.05, 4.69) is 142 Å². The molecule has 4 aliphatic heterocycles. The van der Waals surface area contributed by atoms with Crippen LogP contribution in [0.4, 0.5) is 0 Å². The lowest BCUT2D eigenvalue weighted by atomic mass is 9.79. The number of β-lactam (4-membered cyclic amide) rings is 2. The first-order chi connectivity index (χ1) is 47.9. The summed E-state index contributed by atoms with van der Waals surface area (Å²) in [4.78, 5) is 84.7. The largest absolute Gasteiger partial charge is 0.507 e. The van der Waals surface area contributed by atoms with Crippen LogP contribution in [0.1, 0.15) is 190 Å². The van der Waals surface area contributed by atoms with E-state index in [0.29, 0.717) is 58.1 Å². The number of hydrogen-bond acceptors (Lipinski definition) is 16. The number of phenols is 2. The maximum absolute atomic E-state index is 14.2. The average molecular weight is 1430 g/mol. The van der Waals surface area contributed by atoms with Crippen LogP contribution in [-0.4, -0.2) is 140 Å². The fourth-order valence-electron chi connectivity index (χ4n) is 14.0. The molecule has 4 fully saturated rings. The van der Waals surface area contributed by atoms with E-state index in [9.17, 15) is 39.0 Å². The molecule has 0 spiro atoms. The summed E-state index contributed by atoms with van der Waals surface area (Å²) in [5, 5.41) is 30.7. The van der Waals surface area contributed by atoms with Crippen molar-refractivity contribution in [2.24, 2.45) is 0 Å².